The van der Waals surface area contributed by atoms with Gasteiger partial charge in [0.25, 0.3) is 0 Å². The van der Waals surface area contributed by atoms with E-state index in [1.807, 2.05) is 36.5 Å². The van der Waals surface area contributed by atoms with E-state index in [1.54, 1.807) is 11.8 Å². The van der Waals surface area contributed by atoms with Crippen LogP contribution in [0.1, 0.15) is 30.9 Å². The minimum atomic E-state index is 0.0942. The highest BCUT2D eigenvalue weighted by Crippen LogP contribution is 2.39. The fourth-order valence-electron chi connectivity index (χ4n) is 2.43. The lowest BCUT2D eigenvalue weighted by atomic mass is 10.3. The summed E-state index contributed by atoms with van der Waals surface area (Å²) >= 11 is 1.57. The monoisotopic (exact) mass is 315 g/mol. The van der Waals surface area contributed by atoms with Gasteiger partial charge in [-0.2, -0.15) is 5.10 Å². The average molecular weight is 315 g/mol. The van der Waals surface area contributed by atoms with Crippen molar-refractivity contribution in [2.75, 3.05) is 12.3 Å². The Morgan fingerprint density at radius 1 is 1.27 bits per heavy atom. The molecule has 3 rings (SSSR count). The van der Waals surface area contributed by atoms with Gasteiger partial charge >= 0.3 is 0 Å². The number of hydrogen-bond donors (Lipinski definition) is 1. The molecular weight excluding hydrogens is 294 g/mol. The Kier molecular flexibility index (Phi) is 5.16. The van der Waals surface area contributed by atoms with Gasteiger partial charge in [-0.05, 0) is 37.5 Å². The Morgan fingerprint density at radius 2 is 2.09 bits per heavy atom. The van der Waals surface area contributed by atoms with Gasteiger partial charge in [0.15, 0.2) is 0 Å². The number of aryl methyl sites for hydroxylation is 1. The van der Waals surface area contributed by atoms with Crippen LogP contribution < -0.4 is 5.32 Å². The smallest absolute Gasteiger partial charge is 0.230 e. The zero-order valence-corrected chi connectivity index (χ0v) is 13.4. The second-order valence-electron chi connectivity index (χ2n) is 5.56. The lowest BCUT2D eigenvalue weighted by Crippen LogP contribution is -2.27. The molecule has 116 valence electrons. The molecule has 0 saturated heterocycles. The van der Waals surface area contributed by atoms with Crippen LogP contribution in [0.5, 0.6) is 0 Å². The first-order valence-electron chi connectivity index (χ1n) is 7.79. The van der Waals surface area contributed by atoms with E-state index >= 15 is 0 Å². The molecule has 1 N–H and O–H groups in total. The third-order valence-electron chi connectivity index (χ3n) is 3.73. The molecule has 0 bridgehead atoms. The summed E-state index contributed by atoms with van der Waals surface area (Å²) in [6.07, 6.45) is 5.38. The predicted octanol–water partition coefficient (Wildman–Crippen LogP) is 3.06. The lowest BCUT2D eigenvalue weighted by Gasteiger charge is -2.08. The fourth-order valence-corrected chi connectivity index (χ4v) is 3.18. The highest BCUT2D eigenvalue weighted by atomic mass is 32.2. The Balaban J connectivity index is 1.32. The molecular formula is C17H21N3OS. The van der Waals surface area contributed by atoms with Gasteiger partial charge in [-0.25, -0.2) is 0 Å². The van der Waals surface area contributed by atoms with Crippen LogP contribution in [0, 0.1) is 0 Å². The van der Waals surface area contributed by atoms with E-state index in [9.17, 15) is 4.79 Å². The summed E-state index contributed by atoms with van der Waals surface area (Å²) in [5.74, 6) is 1.29. The summed E-state index contributed by atoms with van der Waals surface area (Å²) < 4.78 is 2.09. The number of rotatable bonds is 8. The van der Waals surface area contributed by atoms with E-state index in [-0.39, 0.29) is 5.91 Å². The van der Waals surface area contributed by atoms with Gasteiger partial charge in [0.05, 0.1) is 5.75 Å². The molecule has 0 aliphatic heterocycles. The van der Waals surface area contributed by atoms with Crippen LogP contribution in [-0.2, 0) is 11.3 Å². The average Bonchev–Trinajstić information content (AvgIpc) is 3.29. The quantitative estimate of drug-likeness (QED) is 0.601. The molecule has 1 saturated carbocycles. The van der Waals surface area contributed by atoms with Gasteiger partial charge in [0.2, 0.25) is 5.91 Å². The zero-order chi connectivity index (χ0) is 15.2. The Hall–Kier alpha value is -1.75. The van der Waals surface area contributed by atoms with Crippen LogP contribution in [-0.4, -0.2) is 28.0 Å². The van der Waals surface area contributed by atoms with E-state index in [2.05, 4.69) is 21.2 Å². The Morgan fingerprint density at radius 3 is 2.86 bits per heavy atom. The number of carbonyl (C=O) groups is 1. The zero-order valence-electron chi connectivity index (χ0n) is 12.6. The molecule has 22 heavy (non-hydrogen) atoms. The summed E-state index contributed by atoms with van der Waals surface area (Å²) in [6.45, 7) is 1.59. The molecule has 1 amide bonds. The molecule has 1 aromatic carbocycles. The SMILES string of the molecule is O=C(CSc1ccccc1)NCCCn1nccc1C1CC1. The third-order valence-corrected chi connectivity index (χ3v) is 4.74. The van der Waals surface area contributed by atoms with Crippen LogP contribution in [0.15, 0.2) is 47.5 Å². The van der Waals surface area contributed by atoms with Gasteiger partial charge in [-0.15, -0.1) is 11.8 Å². The maximum absolute atomic E-state index is 11.8. The predicted molar refractivity (Wildman–Crippen MR) is 89.0 cm³/mol. The van der Waals surface area contributed by atoms with E-state index < -0.39 is 0 Å². The number of nitrogens with one attached hydrogen (secondary N) is 1. The highest BCUT2D eigenvalue weighted by molar-refractivity contribution is 8.00. The van der Waals surface area contributed by atoms with Crippen molar-refractivity contribution >= 4 is 17.7 Å². The largest absolute Gasteiger partial charge is 0.355 e. The number of benzene rings is 1. The van der Waals surface area contributed by atoms with Crippen molar-refractivity contribution in [2.24, 2.45) is 0 Å². The standard InChI is InChI=1S/C17H21N3OS/c21-17(13-22-15-5-2-1-3-6-15)18-10-4-12-20-16(9-11-19-20)14-7-8-14/h1-3,5-6,9,11,14H,4,7-8,10,12-13H2,(H,18,21). The minimum absolute atomic E-state index is 0.0942. The van der Waals surface area contributed by atoms with Crippen molar-refractivity contribution in [1.82, 2.24) is 15.1 Å². The molecule has 1 aromatic heterocycles. The number of aromatic nitrogens is 2. The van der Waals surface area contributed by atoms with Crippen molar-refractivity contribution < 1.29 is 4.79 Å². The summed E-state index contributed by atoms with van der Waals surface area (Å²) in [5, 5.41) is 7.35. The van der Waals surface area contributed by atoms with Crippen molar-refractivity contribution in [2.45, 2.75) is 36.6 Å². The van der Waals surface area contributed by atoms with Gasteiger partial charge < -0.3 is 5.32 Å². The van der Waals surface area contributed by atoms with E-state index in [1.165, 1.54) is 18.5 Å². The summed E-state index contributed by atoms with van der Waals surface area (Å²) in [6, 6.07) is 12.1. The maximum atomic E-state index is 11.8. The van der Waals surface area contributed by atoms with Gasteiger partial charge in [-0.3, -0.25) is 9.48 Å². The highest BCUT2D eigenvalue weighted by Gasteiger charge is 2.26. The molecule has 5 heteroatoms. The number of amides is 1. The van der Waals surface area contributed by atoms with E-state index in [0.717, 1.165) is 23.8 Å². The molecule has 1 aliphatic rings. The third kappa shape index (κ3) is 4.37. The number of carbonyl (C=O) groups excluding carboxylic acids is 1. The van der Waals surface area contributed by atoms with Crippen LogP contribution in [0.2, 0.25) is 0 Å². The molecule has 1 heterocycles. The van der Waals surface area contributed by atoms with Crippen molar-refractivity contribution in [3.05, 3.63) is 48.3 Å². The molecule has 0 spiro atoms. The summed E-state index contributed by atoms with van der Waals surface area (Å²) in [7, 11) is 0. The molecule has 0 radical (unpaired) electrons. The second kappa shape index (κ2) is 7.49. The topological polar surface area (TPSA) is 46.9 Å². The van der Waals surface area contributed by atoms with Crippen molar-refractivity contribution in [3.8, 4) is 0 Å². The van der Waals surface area contributed by atoms with Crippen molar-refractivity contribution in [1.29, 1.82) is 0 Å². The van der Waals surface area contributed by atoms with Crippen LogP contribution in [0.4, 0.5) is 0 Å². The molecule has 1 aliphatic carbocycles. The normalized spacial score (nSPS) is 14.0. The first kappa shape index (κ1) is 15.2. The first-order chi connectivity index (χ1) is 10.8. The molecule has 1 fully saturated rings. The van der Waals surface area contributed by atoms with Crippen LogP contribution in [0.25, 0.3) is 0 Å². The number of thioether (sulfide) groups is 1. The van der Waals surface area contributed by atoms with Gasteiger partial charge in [0, 0.05) is 35.8 Å². The fraction of sp³-hybridized carbons (Fsp3) is 0.412. The van der Waals surface area contributed by atoms with Gasteiger partial charge in [0.1, 0.15) is 0 Å². The number of hydrogen-bond acceptors (Lipinski definition) is 3. The van der Waals surface area contributed by atoms with Crippen LogP contribution in [0.3, 0.4) is 0 Å². The molecule has 0 atom stereocenters. The lowest BCUT2D eigenvalue weighted by molar-refractivity contribution is -0.118. The molecule has 0 unspecified atom stereocenters. The maximum Gasteiger partial charge on any atom is 0.230 e. The minimum Gasteiger partial charge on any atom is -0.355 e. The summed E-state index contributed by atoms with van der Waals surface area (Å²) in [5.41, 5.74) is 1.35. The summed E-state index contributed by atoms with van der Waals surface area (Å²) in [4.78, 5) is 12.9. The van der Waals surface area contributed by atoms with E-state index in [4.69, 9.17) is 0 Å². The molecule has 2 aromatic rings. The van der Waals surface area contributed by atoms with E-state index in [0.29, 0.717) is 12.3 Å². The first-order valence-corrected chi connectivity index (χ1v) is 8.78. The van der Waals surface area contributed by atoms with Gasteiger partial charge in [-0.1, -0.05) is 18.2 Å². The Labute approximate surface area is 135 Å². The Bertz CT molecular complexity index is 607. The van der Waals surface area contributed by atoms with Crippen LogP contribution >= 0.6 is 11.8 Å². The number of nitrogens with zero attached hydrogens (tertiary/aromatic N) is 2. The van der Waals surface area contributed by atoms with Crippen molar-refractivity contribution in [3.63, 3.8) is 0 Å². The molecule has 4 nitrogen and oxygen atoms in total. The second-order valence-corrected chi connectivity index (χ2v) is 6.61.